The van der Waals surface area contributed by atoms with Gasteiger partial charge >= 0.3 is 0 Å². The van der Waals surface area contributed by atoms with Gasteiger partial charge < -0.3 is 0 Å². The van der Waals surface area contributed by atoms with Crippen LogP contribution in [0.15, 0.2) is 10.5 Å². The summed E-state index contributed by atoms with van der Waals surface area (Å²) in [4.78, 5) is 0. The Morgan fingerprint density at radius 3 is 1.13 bits per heavy atom. The molecule has 23 heavy (non-hydrogen) atoms. The van der Waals surface area contributed by atoms with Gasteiger partial charge in [0.05, 0.1) is 0 Å². The van der Waals surface area contributed by atoms with Crippen LogP contribution in [0.4, 0.5) is 0 Å². The molecule has 1 heteroatoms. The zero-order chi connectivity index (χ0) is 17.2. The van der Waals surface area contributed by atoms with Gasteiger partial charge in [0.15, 0.2) is 0 Å². The van der Waals surface area contributed by atoms with Crippen molar-refractivity contribution in [1.82, 2.24) is 0 Å². The molecule has 0 radical (unpaired) electrons. The number of benzene rings is 3. The zero-order valence-electron chi connectivity index (χ0n) is 15.5. The topological polar surface area (TPSA) is 0 Å². The minimum absolute atomic E-state index is 1.26. The summed E-state index contributed by atoms with van der Waals surface area (Å²) in [5.41, 5.74) is 11.3. The molecule has 0 fully saturated rings. The Morgan fingerprint density at radius 1 is 0.478 bits per heavy atom. The smallest absolute Gasteiger partial charge is 0.0337 e. The van der Waals surface area contributed by atoms with Crippen molar-refractivity contribution in [3.05, 3.63) is 55.0 Å². The largest absolute Gasteiger partial charge is 0.0495 e. The highest BCUT2D eigenvalue weighted by Crippen LogP contribution is 2.42. The average Bonchev–Trinajstić information content (AvgIpc) is 2.53. The molecule has 0 bridgehead atoms. The fourth-order valence-electron chi connectivity index (χ4n) is 3.88. The van der Waals surface area contributed by atoms with Gasteiger partial charge in [-0.25, -0.2) is 0 Å². The Labute approximate surface area is 148 Å². The molecule has 0 spiro atoms. The van der Waals surface area contributed by atoms with Crippen LogP contribution in [0.1, 0.15) is 44.5 Å². The highest BCUT2D eigenvalue weighted by atomic mass is 79.9. The van der Waals surface area contributed by atoms with E-state index in [2.05, 4.69) is 77.4 Å². The maximum atomic E-state index is 3.97. The van der Waals surface area contributed by atoms with Crippen LogP contribution in [-0.4, -0.2) is 0 Å². The quantitative estimate of drug-likeness (QED) is 0.367. The molecule has 0 atom stereocenters. The van der Waals surface area contributed by atoms with Crippen LogP contribution in [0, 0.1) is 55.4 Å². The number of fused-ring (bicyclic) bond motifs is 2. The molecule has 0 nitrogen and oxygen atoms in total. The number of hydrogen-bond acceptors (Lipinski definition) is 0. The first-order valence-corrected chi connectivity index (χ1v) is 9.06. The van der Waals surface area contributed by atoms with Crippen molar-refractivity contribution < 1.29 is 0 Å². The number of rotatable bonds is 0. The molecule has 0 heterocycles. The van der Waals surface area contributed by atoms with Crippen LogP contribution in [-0.2, 0) is 0 Å². The van der Waals surface area contributed by atoms with Crippen LogP contribution >= 0.6 is 15.9 Å². The molecule has 0 aliphatic rings. The van der Waals surface area contributed by atoms with Gasteiger partial charge in [-0.2, -0.15) is 0 Å². The van der Waals surface area contributed by atoms with Gasteiger partial charge in [0.2, 0.25) is 0 Å². The molecule has 0 amide bonds. The first kappa shape index (κ1) is 16.5. The Kier molecular flexibility index (Phi) is 3.84. The fourth-order valence-corrected chi connectivity index (χ4v) is 4.90. The maximum Gasteiger partial charge on any atom is 0.0337 e. The van der Waals surface area contributed by atoms with Crippen molar-refractivity contribution in [2.24, 2.45) is 0 Å². The van der Waals surface area contributed by atoms with Crippen molar-refractivity contribution in [3.8, 4) is 0 Å². The van der Waals surface area contributed by atoms with Crippen molar-refractivity contribution in [2.75, 3.05) is 0 Å². The molecular formula is C22H25Br. The lowest BCUT2D eigenvalue weighted by atomic mass is 9.86. The molecule has 120 valence electrons. The van der Waals surface area contributed by atoms with E-state index in [4.69, 9.17) is 0 Å². The van der Waals surface area contributed by atoms with E-state index in [1.54, 1.807) is 0 Å². The van der Waals surface area contributed by atoms with E-state index < -0.39 is 0 Å². The summed E-state index contributed by atoms with van der Waals surface area (Å²) in [5, 5.41) is 5.53. The first-order chi connectivity index (χ1) is 10.7. The predicted octanol–water partition coefficient (Wildman–Crippen LogP) is 7.22. The molecule has 0 aromatic heterocycles. The molecule has 3 aromatic carbocycles. The van der Waals surface area contributed by atoms with E-state index >= 15 is 0 Å². The van der Waals surface area contributed by atoms with E-state index in [0.29, 0.717) is 0 Å². The summed E-state index contributed by atoms with van der Waals surface area (Å²) in [6.45, 7) is 18.0. The minimum Gasteiger partial charge on any atom is -0.0495 e. The Morgan fingerprint density at radius 2 is 0.783 bits per heavy atom. The van der Waals surface area contributed by atoms with Gasteiger partial charge in [0.25, 0.3) is 0 Å². The number of aryl methyl sites for hydroxylation is 4. The van der Waals surface area contributed by atoms with Gasteiger partial charge in [0, 0.05) is 4.47 Å². The van der Waals surface area contributed by atoms with Crippen LogP contribution in [0.5, 0.6) is 0 Å². The van der Waals surface area contributed by atoms with Gasteiger partial charge in [-0.15, -0.1) is 0 Å². The van der Waals surface area contributed by atoms with Crippen molar-refractivity contribution >= 4 is 37.5 Å². The summed E-state index contributed by atoms with van der Waals surface area (Å²) in [6.07, 6.45) is 0. The lowest BCUT2D eigenvalue weighted by molar-refractivity contribution is 1.24. The lowest BCUT2D eigenvalue weighted by Gasteiger charge is -2.21. The average molecular weight is 369 g/mol. The third-order valence-electron chi connectivity index (χ3n) is 6.20. The normalized spacial score (nSPS) is 11.7. The molecule has 0 saturated heterocycles. The third kappa shape index (κ3) is 2.09. The third-order valence-corrected chi connectivity index (χ3v) is 6.99. The fraction of sp³-hybridized carbons (Fsp3) is 0.364. The zero-order valence-corrected chi connectivity index (χ0v) is 17.0. The van der Waals surface area contributed by atoms with Crippen LogP contribution in [0.2, 0.25) is 0 Å². The summed E-state index contributed by atoms with van der Waals surface area (Å²) in [6, 6.07) is 2.42. The van der Waals surface area contributed by atoms with Crippen LogP contribution < -0.4 is 0 Å². The second-order valence-corrected chi connectivity index (χ2v) is 7.83. The van der Waals surface area contributed by atoms with Gasteiger partial charge in [-0.3, -0.25) is 0 Å². The highest BCUT2D eigenvalue weighted by molar-refractivity contribution is 9.10. The monoisotopic (exact) mass is 368 g/mol. The predicted molar refractivity (Wildman–Crippen MR) is 107 cm³/mol. The summed E-state index contributed by atoms with van der Waals surface area (Å²) < 4.78 is 1.26. The first-order valence-electron chi connectivity index (χ1n) is 8.27. The molecule has 3 aromatic rings. The Balaban J connectivity index is 2.73. The van der Waals surface area contributed by atoms with Gasteiger partial charge in [-0.1, -0.05) is 0 Å². The van der Waals surface area contributed by atoms with E-state index in [-0.39, 0.29) is 0 Å². The molecule has 0 aliphatic heterocycles. The van der Waals surface area contributed by atoms with E-state index in [9.17, 15) is 0 Å². The highest BCUT2D eigenvalue weighted by Gasteiger charge is 2.18. The molecule has 3 rings (SSSR count). The molecule has 0 saturated carbocycles. The Hall–Kier alpha value is -1.34. The van der Waals surface area contributed by atoms with Crippen LogP contribution in [0.25, 0.3) is 21.5 Å². The number of hydrogen-bond donors (Lipinski definition) is 0. The lowest BCUT2D eigenvalue weighted by Crippen LogP contribution is -1.99. The molecule has 0 aliphatic carbocycles. The van der Waals surface area contributed by atoms with E-state index in [1.807, 2.05) is 0 Å². The Bertz CT molecular complexity index is 913. The molecular weight excluding hydrogens is 344 g/mol. The maximum absolute atomic E-state index is 3.97. The SMILES string of the molecule is Cc1c(C)c(C)c2c(Br)c3c(C)c(C)c(C)c(C)c3cc2c1C. The summed E-state index contributed by atoms with van der Waals surface area (Å²) in [5.74, 6) is 0. The van der Waals surface area contributed by atoms with Crippen molar-refractivity contribution in [1.29, 1.82) is 0 Å². The molecule has 0 unspecified atom stereocenters. The molecule has 0 N–H and O–H groups in total. The van der Waals surface area contributed by atoms with Gasteiger partial charge in [0.1, 0.15) is 0 Å². The second-order valence-electron chi connectivity index (χ2n) is 7.04. The van der Waals surface area contributed by atoms with Crippen LogP contribution in [0.3, 0.4) is 0 Å². The van der Waals surface area contributed by atoms with Gasteiger partial charge in [-0.05, 0) is 143 Å². The number of halogens is 1. The van der Waals surface area contributed by atoms with E-state index in [0.717, 1.165) is 0 Å². The summed E-state index contributed by atoms with van der Waals surface area (Å²) in [7, 11) is 0. The van der Waals surface area contributed by atoms with E-state index in [1.165, 1.54) is 70.5 Å². The standard InChI is InChI=1S/C22H25Br/c1-10-12(3)16(7)20-18(14(10)5)9-19-15(6)11(2)13(4)17(8)21(19)22(20)23/h9H,1-8H3. The minimum atomic E-state index is 1.26. The van der Waals surface area contributed by atoms with Crippen molar-refractivity contribution in [2.45, 2.75) is 55.4 Å². The second kappa shape index (κ2) is 5.34. The summed E-state index contributed by atoms with van der Waals surface area (Å²) >= 11 is 3.97. The van der Waals surface area contributed by atoms with Crippen molar-refractivity contribution in [3.63, 3.8) is 0 Å².